The van der Waals surface area contributed by atoms with Gasteiger partial charge >= 0.3 is 0 Å². The van der Waals surface area contributed by atoms with Gasteiger partial charge in [-0.25, -0.2) is 0 Å². The molecule has 52 valence electrons. The zero-order chi connectivity index (χ0) is 7.14. The molecule has 0 radical (unpaired) electrons. The Bertz CT molecular complexity index is 329. The number of anilines is 1. The minimum atomic E-state index is 0.389. The molecule has 3 N–H and O–H groups in total. The molecule has 2 aromatic rings. The summed E-state index contributed by atoms with van der Waals surface area (Å²) in [5, 5.41) is 16.2. The molecular formula is C4H5N5O. The molecule has 0 aliphatic heterocycles. The highest BCUT2D eigenvalue weighted by atomic mass is 16.5. The van der Waals surface area contributed by atoms with Crippen LogP contribution in [0.4, 0.5) is 5.69 Å². The fourth-order valence-corrected chi connectivity index (χ4v) is 0.813. The summed E-state index contributed by atoms with van der Waals surface area (Å²) in [4.78, 5) is 0.683. The van der Waals surface area contributed by atoms with Crippen LogP contribution in [0.1, 0.15) is 0 Å². The Hall–Kier alpha value is -1.72. The molecule has 0 saturated carbocycles. The van der Waals surface area contributed by atoms with Gasteiger partial charge in [0.1, 0.15) is 12.0 Å². The standard InChI is InChI=1S/C4H5N5O/c5-3-1-6-8-2-7-9(10)4(3)8/h1-2,10H,5H2. The van der Waals surface area contributed by atoms with E-state index < -0.39 is 0 Å². The van der Waals surface area contributed by atoms with Crippen molar-refractivity contribution in [3.63, 3.8) is 0 Å². The van der Waals surface area contributed by atoms with E-state index in [0.29, 0.717) is 16.2 Å². The van der Waals surface area contributed by atoms with Crippen LogP contribution in [0.25, 0.3) is 5.65 Å². The molecule has 10 heavy (non-hydrogen) atoms. The molecule has 2 aromatic heterocycles. The Kier molecular flexibility index (Phi) is 0.717. The Balaban J connectivity index is 2.98. The van der Waals surface area contributed by atoms with Crippen LogP contribution in [0.2, 0.25) is 0 Å². The first kappa shape index (κ1) is 5.10. The minimum absolute atomic E-state index is 0.389. The summed E-state index contributed by atoms with van der Waals surface area (Å²) >= 11 is 0. The van der Waals surface area contributed by atoms with Crippen LogP contribution in [0, 0.1) is 0 Å². The maximum atomic E-state index is 8.95. The van der Waals surface area contributed by atoms with E-state index in [-0.39, 0.29) is 0 Å². The van der Waals surface area contributed by atoms with E-state index >= 15 is 0 Å². The molecule has 0 amide bonds. The summed E-state index contributed by atoms with van der Waals surface area (Å²) in [5.41, 5.74) is 6.21. The predicted octanol–water partition coefficient (Wildman–Crippen LogP) is -0.650. The normalized spacial score (nSPS) is 10.8. The fraction of sp³-hybridized carbons (Fsp3) is 0. The van der Waals surface area contributed by atoms with Crippen molar-refractivity contribution in [3.8, 4) is 0 Å². The third-order valence-electron chi connectivity index (χ3n) is 1.26. The molecule has 2 rings (SSSR count). The highest BCUT2D eigenvalue weighted by Gasteiger charge is 2.04. The van der Waals surface area contributed by atoms with Gasteiger partial charge in [0.25, 0.3) is 0 Å². The van der Waals surface area contributed by atoms with Gasteiger partial charge in [0.2, 0.25) is 5.65 Å². The van der Waals surface area contributed by atoms with Crippen molar-refractivity contribution in [2.24, 2.45) is 0 Å². The lowest BCUT2D eigenvalue weighted by Gasteiger charge is -1.86. The first-order valence-corrected chi connectivity index (χ1v) is 2.65. The summed E-state index contributed by atoms with van der Waals surface area (Å²) in [7, 11) is 0. The molecule has 0 bridgehead atoms. The lowest BCUT2D eigenvalue weighted by Crippen LogP contribution is -1.94. The van der Waals surface area contributed by atoms with Crippen LogP contribution in [-0.4, -0.2) is 24.8 Å². The minimum Gasteiger partial charge on any atom is -0.410 e. The van der Waals surface area contributed by atoms with Crippen molar-refractivity contribution < 1.29 is 5.21 Å². The topological polar surface area (TPSA) is 81.4 Å². The number of fused-ring (bicyclic) bond motifs is 1. The quantitative estimate of drug-likeness (QED) is 0.475. The van der Waals surface area contributed by atoms with Crippen molar-refractivity contribution in [1.29, 1.82) is 0 Å². The Morgan fingerprint density at radius 3 is 3.00 bits per heavy atom. The molecule has 0 spiro atoms. The molecule has 0 fully saturated rings. The van der Waals surface area contributed by atoms with Gasteiger partial charge in [0.05, 0.1) is 6.20 Å². The van der Waals surface area contributed by atoms with Gasteiger partial charge in [-0.2, -0.15) is 9.61 Å². The Morgan fingerprint density at radius 2 is 2.30 bits per heavy atom. The molecule has 0 saturated heterocycles. The highest BCUT2D eigenvalue weighted by molar-refractivity contribution is 5.62. The van der Waals surface area contributed by atoms with E-state index in [1.807, 2.05) is 0 Å². The van der Waals surface area contributed by atoms with Gasteiger partial charge in [0, 0.05) is 0 Å². The van der Waals surface area contributed by atoms with Crippen molar-refractivity contribution in [1.82, 2.24) is 19.6 Å². The van der Waals surface area contributed by atoms with Crippen LogP contribution >= 0.6 is 0 Å². The zero-order valence-corrected chi connectivity index (χ0v) is 4.97. The lowest BCUT2D eigenvalue weighted by molar-refractivity contribution is 0.161. The molecule has 0 atom stereocenters. The Morgan fingerprint density at radius 1 is 1.50 bits per heavy atom. The summed E-state index contributed by atoms with van der Waals surface area (Å²) in [6.07, 6.45) is 2.81. The van der Waals surface area contributed by atoms with Crippen LogP contribution in [0.15, 0.2) is 12.5 Å². The second-order valence-electron chi connectivity index (χ2n) is 1.89. The average molecular weight is 139 g/mol. The van der Waals surface area contributed by atoms with E-state index in [0.717, 1.165) is 0 Å². The van der Waals surface area contributed by atoms with E-state index in [4.69, 9.17) is 10.9 Å². The van der Waals surface area contributed by atoms with Crippen molar-refractivity contribution in [2.75, 3.05) is 5.73 Å². The van der Waals surface area contributed by atoms with Crippen LogP contribution in [0.3, 0.4) is 0 Å². The number of nitrogen functional groups attached to an aromatic ring is 1. The molecular weight excluding hydrogens is 134 g/mol. The number of rotatable bonds is 0. The molecule has 0 aliphatic carbocycles. The first-order chi connectivity index (χ1) is 4.79. The molecule has 6 heteroatoms. The summed E-state index contributed by atoms with van der Waals surface area (Å²) in [6, 6.07) is 0. The number of nitrogens with two attached hydrogens (primary N) is 1. The molecule has 0 aliphatic rings. The number of hydrogen-bond acceptors (Lipinski definition) is 4. The van der Waals surface area contributed by atoms with E-state index in [9.17, 15) is 0 Å². The van der Waals surface area contributed by atoms with Gasteiger partial charge in [0.15, 0.2) is 0 Å². The second kappa shape index (κ2) is 1.41. The number of hydrogen-bond donors (Lipinski definition) is 2. The molecule has 6 nitrogen and oxygen atoms in total. The lowest BCUT2D eigenvalue weighted by atomic mass is 10.6. The monoisotopic (exact) mass is 139 g/mol. The third-order valence-corrected chi connectivity index (χ3v) is 1.26. The van der Waals surface area contributed by atoms with Crippen LogP contribution in [0.5, 0.6) is 0 Å². The predicted molar refractivity (Wildman–Crippen MR) is 32.6 cm³/mol. The summed E-state index contributed by atoms with van der Waals surface area (Å²) in [5.74, 6) is 0. The van der Waals surface area contributed by atoms with Gasteiger partial charge in [-0.05, 0) is 0 Å². The average Bonchev–Trinajstić information content (AvgIpc) is 2.40. The van der Waals surface area contributed by atoms with Gasteiger partial charge in [-0.3, -0.25) is 0 Å². The number of nitrogens with zero attached hydrogens (tertiary/aromatic N) is 4. The fourth-order valence-electron chi connectivity index (χ4n) is 0.813. The molecule has 0 unspecified atom stereocenters. The van der Waals surface area contributed by atoms with Crippen molar-refractivity contribution >= 4 is 11.3 Å². The van der Waals surface area contributed by atoms with E-state index in [1.54, 1.807) is 0 Å². The summed E-state index contributed by atoms with van der Waals surface area (Å²) in [6.45, 7) is 0. The van der Waals surface area contributed by atoms with Gasteiger partial charge in [-0.15, -0.1) is 5.10 Å². The van der Waals surface area contributed by atoms with Crippen LogP contribution in [-0.2, 0) is 0 Å². The second-order valence-corrected chi connectivity index (χ2v) is 1.89. The SMILES string of the molecule is Nc1cnn2cnn(O)c12. The van der Waals surface area contributed by atoms with E-state index in [2.05, 4.69) is 10.2 Å². The smallest absolute Gasteiger partial charge is 0.217 e. The van der Waals surface area contributed by atoms with Crippen molar-refractivity contribution in [2.45, 2.75) is 0 Å². The van der Waals surface area contributed by atoms with Crippen LogP contribution < -0.4 is 5.73 Å². The van der Waals surface area contributed by atoms with Gasteiger partial charge < -0.3 is 10.9 Å². The largest absolute Gasteiger partial charge is 0.410 e. The third kappa shape index (κ3) is 0.426. The first-order valence-electron chi connectivity index (χ1n) is 2.65. The molecule has 2 heterocycles. The maximum Gasteiger partial charge on any atom is 0.217 e. The summed E-state index contributed by atoms with van der Waals surface area (Å²) < 4.78 is 1.38. The highest BCUT2D eigenvalue weighted by Crippen LogP contribution is 2.08. The van der Waals surface area contributed by atoms with Gasteiger partial charge in [-0.1, -0.05) is 4.85 Å². The van der Waals surface area contributed by atoms with E-state index in [1.165, 1.54) is 17.0 Å². The Labute approximate surface area is 55.4 Å². The number of aromatic nitrogens is 4. The molecule has 0 aromatic carbocycles. The maximum absolute atomic E-state index is 8.95. The zero-order valence-electron chi connectivity index (χ0n) is 4.97. The van der Waals surface area contributed by atoms with Crippen molar-refractivity contribution in [3.05, 3.63) is 12.5 Å².